The monoisotopic (exact) mass is 514 g/mol. The minimum atomic E-state index is -0.248. The molecule has 0 spiro atoms. The van der Waals surface area contributed by atoms with Crippen LogP contribution in [0.25, 0.3) is 22.3 Å². The SMILES string of the molecule is CCCCCCCCCOc1ccc(-c2ccccc2-c2ccc(C(C)OC(=O)CCCCC)cc2)cc1. The number of carbonyl (C=O) groups excluding carboxylic acids is 1. The van der Waals surface area contributed by atoms with Gasteiger partial charge in [0.15, 0.2) is 0 Å². The largest absolute Gasteiger partial charge is 0.494 e. The molecule has 0 heterocycles. The topological polar surface area (TPSA) is 35.5 Å². The summed E-state index contributed by atoms with van der Waals surface area (Å²) in [5.74, 6) is 0.815. The van der Waals surface area contributed by atoms with Gasteiger partial charge in [-0.2, -0.15) is 0 Å². The average molecular weight is 515 g/mol. The molecule has 204 valence electrons. The van der Waals surface area contributed by atoms with Gasteiger partial charge >= 0.3 is 5.97 Å². The highest BCUT2D eigenvalue weighted by Gasteiger charge is 2.13. The molecule has 0 aliphatic carbocycles. The number of esters is 1. The van der Waals surface area contributed by atoms with Gasteiger partial charge in [-0.05, 0) is 59.7 Å². The fourth-order valence-corrected chi connectivity index (χ4v) is 4.74. The lowest BCUT2D eigenvalue weighted by Crippen LogP contribution is -2.08. The van der Waals surface area contributed by atoms with E-state index in [1.807, 2.05) is 6.92 Å². The standard InChI is InChI=1S/C35H46O3/c1-4-6-8-9-10-11-15-27-37-32-25-23-31(24-26-32)34-17-14-13-16-33(34)30-21-19-29(20-22-30)28(3)38-35(36)18-12-7-5-2/h13-14,16-17,19-26,28H,4-12,15,18,27H2,1-3H3. The van der Waals surface area contributed by atoms with Gasteiger partial charge in [-0.1, -0.05) is 126 Å². The lowest BCUT2D eigenvalue weighted by Gasteiger charge is -2.15. The van der Waals surface area contributed by atoms with Crippen LogP contribution in [0.5, 0.6) is 5.75 Å². The Bertz CT molecular complexity index is 1070. The number of ether oxygens (including phenoxy) is 2. The molecule has 1 unspecified atom stereocenters. The molecular weight excluding hydrogens is 468 g/mol. The van der Waals surface area contributed by atoms with E-state index in [0.29, 0.717) is 6.42 Å². The van der Waals surface area contributed by atoms with Gasteiger partial charge in [-0.25, -0.2) is 0 Å². The summed E-state index contributed by atoms with van der Waals surface area (Å²) in [5, 5.41) is 0. The Morgan fingerprint density at radius 1 is 0.658 bits per heavy atom. The second-order valence-corrected chi connectivity index (χ2v) is 10.3. The van der Waals surface area contributed by atoms with E-state index in [9.17, 15) is 4.79 Å². The maximum atomic E-state index is 12.1. The van der Waals surface area contributed by atoms with Crippen molar-refractivity contribution in [2.24, 2.45) is 0 Å². The smallest absolute Gasteiger partial charge is 0.306 e. The molecule has 1 atom stereocenters. The number of benzene rings is 3. The first kappa shape index (κ1) is 29.5. The molecule has 0 aromatic heterocycles. The minimum absolute atomic E-state index is 0.116. The van der Waals surface area contributed by atoms with Crippen LogP contribution in [0.3, 0.4) is 0 Å². The summed E-state index contributed by atoms with van der Waals surface area (Å²) in [7, 11) is 0. The van der Waals surface area contributed by atoms with Gasteiger partial charge in [0.05, 0.1) is 6.61 Å². The van der Waals surface area contributed by atoms with Crippen LogP contribution in [0.2, 0.25) is 0 Å². The molecule has 0 saturated heterocycles. The summed E-state index contributed by atoms with van der Waals surface area (Å²) in [4.78, 5) is 12.1. The second-order valence-electron chi connectivity index (χ2n) is 10.3. The fourth-order valence-electron chi connectivity index (χ4n) is 4.74. The van der Waals surface area contributed by atoms with Gasteiger partial charge in [0.25, 0.3) is 0 Å². The molecule has 0 amide bonds. The van der Waals surface area contributed by atoms with Crippen LogP contribution in [-0.4, -0.2) is 12.6 Å². The molecule has 0 bridgehead atoms. The summed E-state index contributed by atoms with van der Waals surface area (Å²) < 4.78 is 11.6. The molecule has 3 aromatic rings. The Labute approximate surface area is 230 Å². The molecular formula is C35H46O3. The quantitative estimate of drug-likeness (QED) is 0.133. The zero-order valence-corrected chi connectivity index (χ0v) is 23.7. The van der Waals surface area contributed by atoms with Gasteiger partial charge in [0.1, 0.15) is 11.9 Å². The summed E-state index contributed by atoms with van der Waals surface area (Å²) >= 11 is 0. The van der Waals surface area contributed by atoms with Crippen molar-refractivity contribution in [1.29, 1.82) is 0 Å². The number of hydrogen-bond acceptors (Lipinski definition) is 3. The van der Waals surface area contributed by atoms with E-state index in [1.54, 1.807) is 0 Å². The van der Waals surface area contributed by atoms with E-state index in [1.165, 1.54) is 55.2 Å². The molecule has 0 N–H and O–H groups in total. The first-order valence-corrected chi connectivity index (χ1v) is 14.7. The van der Waals surface area contributed by atoms with Crippen molar-refractivity contribution in [1.82, 2.24) is 0 Å². The normalized spacial score (nSPS) is 11.8. The molecule has 0 radical (unpaired) electrons. The van der Waals surface area contributed by atoms with Gasteiger partial charge in [-0.15, -0.1) is 0 Å². The van der Waals surface area contributed by atoms with Crippen LogP contribution in [-0.2, 0) is 9.53 Å². The number of rotatable bonds is 17. The highest BCUT2D eigenvalue weighted by atomic mass is 16.5. The lowest BCUT2D eigenvalue weighted by atomic mass is 9.94. The molecule has 3 nitrogen and oxygen atoms in total. The van der Waals surface area contributed by atoms with Gasteiger partial charge in [0, 0.05) is 6.42 Å². The van der Waals surface area contributed by atoms with E-state index in [0.717, 1.165) is 49.2 Å². The Morgan fingerprint density at radius 3 is 1.79 bits per heavy atom. The molecule has 3 rings (SSSR count). The van der Waals surface area contributed by atoms with E-state index in [-0.39, 0.29) is 12.1 Å². The van der Waals surface area contributed by atoms with Crippen molar-refractivity contribution in [3.05, 3.63) is 78.4 Å². The Morgan fingerprint density at radius 2 is 1.18 bits per heavy atom. The zero-order valence-electron chi connectivity index (χ0n) is 23.7. The third-order valence-electron chi connectivity index (χ3n) is 7.09. The van der Waals surface area contributed by atoms with Crippen molar-refractivity contribution in [2.75, 3.05) is 6.61 Å². The van der Waals surface area contributed by atoms with Crippen LogP contribution in [0.1, 0.15) is 103 Å². The van der Waals surface area contributed by atoms with Crippen molar-refractivity contribution in [3.8, 4) is 28.0 Å². The summed E-state index contributed by atoms with van der Waals surface area (Å²) in [6, 6.07) is 25.3. The predicted octanol–water partition coefficient (Wildman–Crippen LogP) is 10.3. The third kappa shape index (κ3) is 9.67. The van der Waals surface area contributed by atoms with Crippen LogP contribution < -0.4 is 4.74 Å². The Kier molecular flexibility index (Phi) is 13.0. The zero-order chi connectivity index (χ0) is 27.0. The summed E-state index contributed by atoms with van der Waals surface area (Å²) in [5.41, 5.74) is 5.69. The summed E-state index contributed by atoms with van der Waals surface area (Å²) in [6.07, 6.45) is 12.3. The minimum Gasteiger partial charge on any atom is -0.494 e. The average Bonchev–Trinajstić information content (AvgIpc) is 2.95. The predicted molar refractivity (Wildman–Crippen MR) is 159 cm³/mol. The first-order valence-electron chi connectivity index (χ1n) is 14.7. The Balaban J connectivity index is 1.57. The number of hydrogen-bond donors (Lipinski definition) is 0. The molecule has 3 aromatic carbocycles. The van der Waals surface area contributed by atoms with E-state index in [2.05, 4.69) is 86.6 Å². The highest BCUT2D eigenvalue weighted by molar-refractivity contribution is 5.83. The van der Waals surface area contributed by atoms with Gasteiger partial charge in [-0.3, -0.25) is 4.79 Å². The van der Waals surface area contributed by atoms with Crippen molar-refractivity contribution >= 4 is 5.97 Å². The fraction of sp³-hybridized carbons (Fsp3) is 0.457. The third-order valence-corrected chi connectivity index (χ3v) is 7.09. The second kappa shape index (κ2) is 16.7. The molecule has 0 aliphatic rings. The molecule has 0 fully saturated rings. The van der Waals surface area contributed by atoms with Crippen LogP contribution >= 0.6 is 0 Å². The van der Waals surface area contributed by atoms with Crippen molar-refractivity contribution < 1.29 is 14.3 Å². The number of unbranched alkanes of at least 4 members (excludes halogenated alkanes) is 8. The van der Waals surface area contributed by atoms with Gasteiger partial charge in [0.2, 0.25) is 0 Å². The maximum absolute atomic E-state index is 12.1. The Hall–Kier alpha value is -3.07. The van der Waals surface area contributed by atoms with Crippen LogP contribution in [0.15, 0.2) is 72.8 Å². The molecule has 0 saturated carbocycles. The summed E-state index contributed by atoms with van der Waals surface area (Å²) in [6.45, 7) is 7.11. The molecule has 38 heavy (non-hydrogen) atoms. The molecule has 3 heteroatoms. The van der Waals surface area contributed by atoms with Crippen molar-refractivity contribution in [2.45, 2.75) is 97.5 Å². The lowest BCUT2D eigenvalue weighted by molar-refractivity contribution is -0.148. The first-order chi connectivity index (χ1) is 18.6. The molecule has 0 aliphatic heterocycles. The van der Waals surface area contributed by atoms with Gasteiger partial charge < -0.3 is 9.47 Å². The van der Waals surface area contributed by atoms with Crippen LogP contribution in [0, 0.1) is 0 Å². The maximum Gasteiger partial charge on any atom is 0.306 e. The van der Waals surface area contributed by atoms with Crippen LogP contribution in [0.4, 0.5) is 0 Å². The van der Waals surface area contributed by atoms with Crippen molar-refractivity contribution in [3.63, 3.8) is 0 Å². The highest BCUT2D eigenvalue weighted by Crippen LogP contribution is 2.33. The van der Waals surface area contributed by atoms with E-state index < -0.39 is 0 Å². The van der Waals surface area contributed by atoms with E-state index >= 15 is 0 Å². The number of carbonyl (C=O) groups is 1. The van der Waals surface area contributed by atoms with E-state index in [4.69, 9.17) is 9.47 Å².